The average molecular weight is 521 g/mol. The Morgan fingerprint density at radius 3 is 2.26 bits per heavy atom. The third-order valence-corrected chi connectivity index (χ3v) is 8.84. The SMILES string of the molecule is CCCc1ccc(Cc2csc(N3CCN(S(=O)(=O)c4ccc(Br)cc4)CC3)n2)cc1. The number of anilines is 1. The molecule has 0 N–H and O–H groups in total. The topological polar surface area (TPSA) is 53.5 Å². The van der Waals surface area contributed by atoms with Crippen molar-refractivity contribution in [3.05, 3.63) is 75.2 Å². The summed E-state index contributed by atoms with van der Waals surface area (Å²) in [5, 5.41) is 3.08. The fourth-order valence-electron chi connectivity index (χ4n) is 3.72. The van der Waals surface area contributed by atoms with Gasteiger partial charge in [0.2, 0.25) is 10.0 Å². The number of hydrogen-bond acceptors (Lipinski definition) is 5. The highest BCUT2D eigenvalue weighted by Crippen LogP contribution is 2.26. The summed E-state index contributed by atoms with van der Waals surface area (Å²) in [4.78, 5) is 7.34. The molecule has 1 aliphatic rings. The molecule has 2 heterocycles. The summed E-state index contributed by atoms with van der Waals surface area (Å²) in [6, 6.07) is 15.6. The molecule has 4 rings (SSSR count). The number of thiazole rings is 1. The maximum Gasteiger partial charge on any atom is 0.243 e. The third-order valence-electron chi connectivity index (χ3n) is 5.45. The molecule has 0 amide bonds. The summed E-state index contributed by atoms with van der Waals surface area (Å²) in [6.07, 6.45) is 3.10. The fraction of sp³-hybridized carbons (Fsp3) is 0.348. The normalized spacial score (nSPS) is 15.4. The van der Waals surface area contributed by atoms with E-state index in [2.05, 4.69) is 57.4 Å². The lowest BCUT2D eigenvalue weighted by Gasteiger charge is -2.33. The first-order valence-corrected chi connectivity index (χ1v) is 13.6. The van der Waals surface area contributed by atoms with Gasteiger partial charge in [-0.15, -0.1) is 11.3 Å². The molecule has 1 aromatic heterocycles. The summed E-state index contributed by atoms with van der Waals surface area (Å²) in [5.74, 6) is 0. The number of aryl methyl sites for hydroxylation is 1. The zero-order valence-electron chi connectivity index (χ0n) is 17.5. The van der Waals surface area contributed by atoms with Crippen LogP contribution >= 0.6 is 27.3 Å². The van der Waals surface area contributed by atoms with Crippen LogP contribution in [0.1, 0.15) is 30.2 Å². The number of halogens is 1. The van der Waals surface area contributed by atoms with Gasteiger partial charge < -0.3 is 4.90 Å². The highest BCUT2D eigenvalue weighted by Gasteiger charge is 2.29. The molecule has 1 aliphatic heterocycles. The highest BCUT2D eigenvalue weighted by molar-refractivity contribution is 9.10. The molecule has 8 heteroatoms. The predicted octanol–water partition coefficient (Wildman–Crippen LogP) is 4.96. The maximum absolute atomic E-state index is 12.9. The maximum atomic E-state index is 12.9. The minimum atomic E-state index is -3.46. The average Bonchev–Trinajstić information content (AvgIpc) is 3.24. The Labute approximate surface area is 196 Å². The van der Waals surface area contributed by atoms with Crippen molar-refractivity contribution in [2.24, 2.45) is 0 Å². The second-order valence-electron chi connectivity index (χ2n) is 7.71. The van der Waals surface area contributed by atoms with E-state index < -0.39 is 10.0 Å². The third kappa shape index (κ3) is 5.37. The Kier molecular flexibility index (Phi) is 7.11. The Morgan fingerprint density at radius 1 is 0.968 bits per heavy atom. The molecule has 3 aromatic rings. The van der Waals surface area contributed by atoms with E-state index in [1.54, 1.807) is 39.9 Å². The van der Waals surface area contributed by atoms with Crippen molar-refractivity contribution in [3.63, 3.8) is 0 Å². The van der Waals surface area contributed by atoms with Crippen LogP contribution in [0, 0.1) is 0 Å². The number of nitrogens with zero attached hydrogens (tertiary/aromatic N) is 3. The zero-order chi connectivity index (χ0) is 21.8. The van der Waals surface area contributed by atoms with Crippen LogP contribution in [0.2, 0.25) is 0 Å². The molecular formula is C23H26BrN3O2S2. The number of benzene rings is 2. The van der Waals surface area contributed by atoms with Crippen molar-refractivity contribution >= 4 is 42.4 Å². The minimum Gasteiger partial charge on any atom is -0.345 e. The van der Waals surface area contributed by atoms with Crippen LogP contribution in [0.25, 0.3) is 0 Å². The highest BCUT2D eigenvalue weighted by atomic mass is 79.9. The van der Waals surface area contributed by atoms with Gasteiger partial charge in [-0.1, -0.05) is 53.5 Å². The van der Waals surface area contributed by atoms with Crippen LogP contribution in [0.4, 0.5) is 5.13 Å². The summed E-state index contributed by atoms with van der Waals surface area (Å²) in [6.45, 7) is 4.42. The van der Waals surface area contributed by atoms with E-state index in [4.69, 9.17) is 4.98 Å². The zero-order valence-corrected chi connectivity index (χ0v) is 20.7. The number of sulfonamides is 1. The van der Waals surface area contributed by atoms with Crippen LogP contribution in [0.3, 0.4) is 0 Å². The van der Waals surface area contributed by atoms with Crippen molar-refractivity contribution in [1.29, 1.82) is 0 Å². The number of hydrogen-bond donors (Lipinski definition) is 0. The van der Waals surface area contributed by atoms with E-state index in [0.29, 0.717) is 31.1 Å². The van der Waals surface area contributed by atoms with E-state index in [1.165, 1.54) is 11.1 Å². The van der Waals surface area contributed by atoms with E-state index in [0.717, 1.165) is 34.6 Å². The molecule has 0 saturated carbocycles. The molecule has 0 atom stereocenters. The second-order valence-corrected chi connectivity index (χ2v) is 11.4. The fourth-order valence-corrected chi connectivity index (χ4v) is 6.29. The lowest BCUT2D eigenvalue weighted by Crippen LogP contribution is -2.48. The molecule has 1 fully saturated rings. The first kappa shape index (κ1) is 22.5. The quantitative estimate of drug-likeness (QED) is 0.442. The van der Waals surface area contributed by atoms with Crippen LogP contribution in [-0.2, 0) is 22.9 Å². The van der Waals surface area contributed by atoms with Gasteiger partial charge >= 0.3 is 0 Å². The Bertz CT molecular complexity index is 1100. The molecule has 0 aliphatic carbocycles. The first-order chi connectivity index (χ1) is 15.0. The van der Waals surface area contributed by atoms with Gasteiger partial charge in [0, 0.05) is 42.5 Å². The van der Waals surface area contributed by atoms with Crippen molar-refractivity contribution in [3.8, 4) is 0 Å². The lowest BCUT2D eigenvalue weighted by molar-refractivity contribution is 0.384. The van der Waals surface area contributed by atoms with Crippen molar-refractivity contribution < 1.29 is 8.42 Å². The molecular weight excluding hydrogens is 494 g/mol. The second kappa shape index (κ2) is 9.81. The van der Waals surface area contributed by atoms with Gasteiger partial charge in [-0.05, 0) is 41.8 Å². The smallest absolute Gasteiger partial charge is 0.243 e. The first-order valence-electron chi connectivity index (χ1n) is 10.5. The monoisotopic (exact) mass is 519 g/mol. The summed E-state index contributed by atoms with van der Waals surface area (Å²) < 4.78 is 28.2. The molecule has 0 spiro atoms. The van der Waals surface area contributed by atoms with Crippen molar-refractivity contribution in [2.45, 2.75) is 31.1 Å². The molecule has 0 radical (unpaired) electrons. The Balaban J connectivity index is 1.36. The van der Waals surface area contributed by atoms with Gasteiger partial charge in [0.25, 0.3) is 0 Å². The van der Waals surface area contributed by atoms with E-state index in [9.17, 15) is 8.42 Å². The molecule has 5 nitrogen and oxygen atoms in total. The Morgan fingerprint density at radius 2 is 1.61 bits per heavy atom. The minimum absolute atomic E-state index is 0.339. The number of aromatic nitrogens is 1. The predicted molar refractivity (Wildman–Crippen MR) is 130 cm³/mol. The molecule has 164 valence electrons. The van der Waals surface area contributed by atoms with E-state index >= 15 is 0 Å². The van der Waals surface area contributed by atoms with Gasteiger partial charge in [0.05, 0.1) is 10.6 Å². The van der Waals surface area contributed by atoms with Gasteiger partial charge in [0.1, 0.15) is 0 Å². The summed E-state index contributed by atoms with van der Waals surface area (Å²) in [7, 11) is -3.46. The molecule has 31 heavy (non-hydrogen) atoms. The van der Waals surface area contributed by atoms with Gasteiger partial charge in [-0.2, -0.15) is 4.31 Å². The largest absolute Gasteiger partial charge is 0.345 e. The van der Waals surface area contributed by atoms with Crippen LogP contribution in [0.15, 0.2) is 63.3 Å². The standard InChI is InChI=1S/C23H26BrN3O2S2/c1-2-3-18-4-6-19(7-5-18)16-21-17-30-23(25-21)26-12-14-27(15-13-26)31(28,29)22-10-8-20(24)9-11-22/h4-11,17H,2-3,12-16H2,1H3. The number of piperazine rings is 1. The van der Waals surface area contributed by atoms with E-state index in [1.807, 2.05) is 0 Å². The molecule has 1 saturated heterocycles. The molecule has 2 aromatic carbocycles. The Hall–Kier alpha value is -1.74. The van der Waals surface area contributed by atoms with Crippen LogP contribution < -0.4 is 4.90 Å². The van der Waals surface area contributed by atoms with Crippen molar-refractivity contribution in [2.75, 3.05) is 31.1 Å². The van der Waals surface area contributed by atoms with Crippen LogP contribution in [-0.4, -0.2) is 43.9 Å². The molecule has 0 bridgehead atoms. The van der Waals surface area contributed by atoms with Gasteiger partial charge in [0.15, 0.2) is 5.13 Å². The lowest BCUT2D eigenvalue weighted by atomic mass is 10.1. The van der Waals surface area contributed by atoms with Gasteiger partial charge in [-0.25, -0.2) is 13.4 Å². The summed E-state index contributed by atoms with van der Waals surface area (Å²) >= 11 is 4.99. The van der Waals surface area contributed by atoms with Crippen molar-refractivity contribution in [1.82, 2.24) is 9.29 Å². The number of rotatable bonds is 7. The van der Waals surface area contributed by atoms with Crippen LogP contribution in [0.5, 0.6) is 0 Å². The molecule has 0 unspecified atom stereocenters. The van der Waals surface area contributed by atoms with Gasteiger partial charge in [-0.3, -0.25) is 0 Å². The summed E-state index contributed by atoms with van der Waals surface area (Å²) in [5.41, 5.74) is 3.71. The van der Waals surface area contributed by atoms with E-state index in [-0.39, 0.29) is 0 Å².